The Hall–Kier alpha value is -0.120. The Morgan fingerprint density at radius 1 is 1.26 bits per heavy atom. The molecule has 1 aliphatic heterocycles. The van der Waals surface area contributed by atoms with Crippen LogP contribution in [-0.2, 0) is 4.74 Å². The predicted octanol–water partition coefficient (Wildman–Crippen LogP) is 2.64. The summed E-state index contributed by atoms with van der Waals surface area (Å²) in [5.74, 6) is 1.64. The molecule has 19 heavy (non-hydrogen) atoms. The van der Waals surface area contributed by atoms with Gasteiger partial charge in [0.15, 0.2) is 0 Å². The van der Waals surface area contributed by atoms with Crippen LogP contribution in [-0.4, -0.2) is 43.3 Å². The van der Waals surface area contributed by atoms with Crippen LogP contribution in [0.25, 0.3) is 0 Å². The van der Waals surface area contributed by atoms with Crippen molar-refractivity contribution in [1.29, 1.82) is 0 Å². The third kappa shape index (κ3) is 3.93. The van der Waals surface area contributed by atoms with E-state index in [1.165, 1.54) is 32.1 Å². The van der Waals surface area contributed by atoms with Crippen LogP contribution in [0.2, 0.25) is 0 Å². The van der Waals surface area contributed by atoms with Crippen molar-refractivity contribution in [2.75, 3.05) is 26.2 Å². The van der Waals surface area contributed by atoms with Gasteiger partial charge in [0.2, 0.25) is 0 Å². The highest BCUT2D eigenvalue weighted by Gasteiger charge is 2.35. The van der Waals surface area contributed by atoms with Gasteiger partial charge >= 0.3 is 0 Å². The summed E-state index contributed by atoms with van der Waals surface area (Å²) >= 11 is 0. The van der Waals surface area contributed by atoms with Crippen LogP contribution in [0.1, 0.15) is 52.4 Å². The normalized spacial score (nSPS) is 37.4. The number of ether oxygens (including phenoxy) is 1. The molecular weight excluding hydrogens is 236 g/mol. The number of morpholine rings is 1. The fourth-order valence-corrected chi connectivity index (χ4v) is 3.98. The van der Waals surface area contributed by atoms with Gasteiger partial charge in [-0.2, -0.15) is 0 Å². The molecule has 1 saturated heterocycles. The predicted molar refractivity (Wildman–Crippen MR) is 80.2 cm³/mol. The van der Waals surface area contributed by atoms with Gasteiger partial charge in [0.05, 0.1) is 12.7 Å². The van der Waals surface area contributed by atoms with E-state index in [0.29, 0.717) is 18.1 Å². The van der Waals surface area contributed by atoms with Gasteiger partial charge in [-0.05, 0) is 37.6 Å². The van der Waals surface area contributed by atoms with Gasteiger partial charge in [0.25, 0.3) is 0 Å². The fourth-order valence-electron chi connectivity index (χ4n) is 3.98. The number of rotatable bonds is 5. The molecule has 0 bridgehead atoms. The largest absolute Gasteiger partial charge is 0.376 e. The maximum absolute atomic E-state index is 6.03. The number of nitrogens with zero attached hydrogens (tertiary/aromatic N) is 1. The monoisotopic (exact) mass is 268 g/mol. The van der Waals surface area contributed by atoms with Crippen molar-refractivity contribution >= 4 is 0 Å². The molecule has 0 aromatic carbocycles. The summed E-state index contributed by atoms with van der Waals surface area (Å²) in [6, 6.07) is 0.716. The molecular formula is C16H32N2O. The van der Waals surface area contributed by atoms with Crippen LogP contribution in [0, 0.1) is 11.8 Å². The molecule has 4 unspecified atom stereocenters. The van der Waals surface area contributed by atoms with Gasteiger partial charge in [-0.3, -0.25) is 4.90 Å². The van der Waals surface area contributed by atoms with Crippen molar-refractivity contribution in [3.05, 3.63) is 0 Å². The zero-order valence-electron chi connectivity index (χ0n) is 12.8. The molecule has 4 atom stereocenters. The molecule has 3 nitrogen and oxygen atoms in total. The Morgan fingerprint density at radius 2 is 2.11 bits per heavy atom. The van der Waals surface area contributed by atoms with Crippen molar-refractivity contribution in [3.63, 3.8) is 0 Å². The second kappa shape index (κ2) is 7.61. The first-order valence-electron chi connectivity index (χ1n) is 8.34. The molecule has 1 saturated carbocycles. The summed E-state index contributed by atoms with van der Waals surface area (Å²) in [5, 5.41) is 0. The first kappa shape index (κ1) is 15.3. The molecule has 112 valence electrons. The van der Waals surface area contributed by atoms with E-state index in [1.54, 1.807) is 0 Å². The van der Waals surface area contributed by atoms with Crippen LogP contribution in [0.15, 0.2) is 0 Å². The van der Waals surface area contributed by atoms with Crippen molar-refractivity contribution in [2.24, 2.45) is 17.6 Å². The Kier molecular flexibility index (Phi) is 6.11. The molecule has 1 aliphatic carbocycles. The minimum absolute atomic E-state index is 0.443. The third-order valence-corrected chi connectivity index (χ3v) is 5.16. The van der Waals surface area contributed by atoms with E-state index in [1.807, 2.05) is 0 Å². The van der Waals surface area contributed by atoms with Gasteiger partial charge in [-0.15, -0.1) is 0 Å². The van der Waals surface area contributed by atoms with Crippen molar-refractivity contribution in [2.45, 2.75) is 64.5 Å². The van der Waals surface area contributed by atoms with Crippen molar-refractivity contribution in [1.82, 2.24) is 4.90 Å². The average molecular weight is 268 g/mol. The molecule has 0 spiro atoms. The third-order valence-electron chi connectivity index (χ3n) is 5.16. The second-order valence-corrected chi connectivity index (χ2v) is 6.43. The Labute approximate surface area is 118 Å². The zero-order chi connectivity index (χ0) is 13.7. The van der Waals surface area contributed by atoms with Crippen LogP contribution in [0.5, 0.6) is 0 Å². The first-order valence-corrected chi connectivity index (χ1v) is 8.34. The van der Waals surface area contributed by atoms with Crippen LogP contribution >= 0.6 is 0 Å². The van der Waals surface area contributed by atoms with Crippen LogP contribution < -0.4 is 5.73 Å². The van der Waals surface area contributed by atoms with E-state index < -0.39 is 0 Å². The van der Waals surface area contributed by atoms with E-state index in [0.717, 1.165) is 38.6 Å². The Morgan fingerprint density at radius 3 is 2.79 bits per heavy atom. The zero-order valence-corrected chi connectivity index (χ0v) is 12.8. The molecule has 0 aromatic rings. The Balaban J connectivity index is 1.96. The topological polar surface area (TPSA) is 38.5 Å². The van der Waals surface area contributed by atoms with Crippen LogP contribution in [0.3, 0.4) is 0 Å². The van der Waals surface area contributed by atoms with Gasteiger partial charge < -0.3 is 10.5 Å². The summed E-state index contributed by atoms with van der Waals surface area (Å²) in [6.07, 6.45) is 8.40. The molecule has 3 heteroatoms. The van der Waals surface area contributed by atoms with Gasteiger partial charge in [0.1, 0.15) is 0 Å². The molecule has 1 heterocycles. The van der Waals surface area contributed by atoms with E-state index in [9.17, 15) is 0 Å². The highest BCUT2D eigenvalue weighted by molar-refractivity contribution is 4.89. The van der Waals surface area contributed by atoms with E-state index in [4.69, 9.17) is 10.5 Å². The lowest BCUT2D eigenvalue weighted by molar-refractivity contribution is -0.0625. The summed E-state index contributed by atoms with van der Waals surface area (Å²) < 4.78 is 5.82. The maximum atomic E-state index is 6.03. The quantitative estimate of drug-likeness (QED) is 0.833. The van der Waals surface area contributed by atoms with Crippen LogP contribution in [0.4, 0.5) is 0 Å². The van der Waals surface area contributed by atoms with E-state index >= 15 is 0 Å². The van der Waals surface area contributed by atoms with Gasteiger partial charge in [-0.1, -0.05) is 33.1 Å². The lowest BCUT2D eigenvalue weighted by Crippen LogP contribution is -2.53. The molecule has 0 amide bonds. The number of nitrogens with two attached hydrogens (primary N) is 1. The number of hydrogen-bond acceptors (Lipinski definition) is 3. The van der Waals surface area contributed by atoms with E-state index in [2.05, 4.69) is 18.7 Å². The summed E-state index contributed by atoms with van der Waals surface area (Å²) in [4.78, 5) is 2.69. The SMILES string of the molecule is CCCC1CCC(CN)C(N2CCOC(CC)C2)C1. The fraction of sp³-hybridized carbons (Fsp3) is 1.00. The van der Waals surface area contributed by atoms with Crippen molar-refractivity contribution < 1.29 is 4.74 Å². The first-order chi connectivity index (χ1) is 9.28. The Bertz CT molecular complexity index is 259. The standard InChI is InChI=1S/C16H32N2O/c1-3-5-13-6-7-14(11-17)16(10-13)18-8-9-19-15(4-2)12-18/h13-16H,3-12,17H2,1-2H3. The molecule has 2 fully saturated rings. The van der Waals surface area contributed by atoms with Crippen molar-refractivity contribution in [3.8, 4) is 0 Å². The summed E-state index contributed by atoms with van der Waals surface area (Å²) in [7, 11) is 0. The molecule has 2 N–H and O–H groups in total. The highest BCUT2D eigenvalue weighted by atomic mass is 16.5. The van der Waals surface area contributed by atoms with Gasteiger partial charge in [-0.25, -0.2) is 0 Å². The lowest BCUT2D eigenvalue weighted by atomic mass is 9.75. The second-order valence-electron chi connectivity index (χ2n) is 6.43. The smallest absolute Gasteiger partial charge is 0.0700 e. The minimum atomic E-state index is 0.443. The van der Waals surface area contributed by atoms with Gasteiger partial charge in [0, 0.05) is 19.1 Å². The summed E-state index contributed by atoms with van der Waals surface area (Å²) in [5.41, 5.74) is 6.03. The molecule has 0 radical (unpaired) electrons. The molecule has 2 rings (SSSR count). The maximum Gasteiger partial charge on any atom is 0.0700 e. The number of hydrogen-bond donors (Lipinski definition) is 1. The lowest BCUT2D eigenvalue weighted by Gasteiger charge is -2.45. The molecule has 2 aliphatic rings. The van der Waals surface area contributed by atoms with E-state index in [-0.39, 0.29) is 0 Å². The summed E-state index contributed by atoms with van der Waals surface area (Å²) in [6.45, 7) is 8.54. The highest BCUT2D eigenvalue weighted by Crippen LogP contribution is 2.35. The average Bonchev–Trinajstić information content (AvgIpc) is 2.47. The minimum Gasteiger partial charge on any atom is -0.376 e. The molecule has 0 aromatic heterocycles.